The molecule has 108 valence electrons. The molecule has 2 aliphatic rings. The molecule has 0 saturated carbocycles. The van der Waals surface area contributed by atoms with E-state index in [0.29, 0.717) is 0 Å². The minimum absolute atomic E-state index is 0.0126. The summed E-state index contributed by atoms with van der Waals surface area (Å²) in [7, 11) is 0. The molecular formula is C14H24N2O3. The highest BCUT2D eigenvalue weighted by atomic mass is 16.5. The average molecular weight is 268 g/mol. The highest BCUT2D eigenvalue weighted by Crippen LogP contribution is 2.14. The summed E-state index contributed by atoms with van der Waals surface area (Å²) in [6, 6.07) is 0. The van der Waals surface area contributed by atoms with Crippen LogP contribution in [0.2, 0.25) is 0 Å². The maximum atomic E-state index is 12.1. The Hall–Kier alpha value is -1.10. The fraction of sp³-hybridized carbons (Fsp3) is 0.857. The monoisotopic (exact) mass is 268 g/mol. The van der Waals surface area contributed by atoms with Gasteiger partial charge >= 0.3 is 0 Å². The molecule has 0 aliphatic carbocycles. The van der Waals surface area contributed by atoms with Crippen LogP contribution < -0.4 is 0 Å². The molecule has 0 unspecified atom stereocenters. The Morgan fingerprint density at radius 2 is 1.11 bits per heavy atom. The van der Waals surface area contributed by atoms with Crippen LogP contribution in [-0.2, 0) is 14.3 Å². The molecule has 0 aromatic heterocycles. The minimum Gasteiger partial charge on any atom is -0.356 e. The predicted molar refractivity (Wildman–Crippen MR) is 71.6 cm³/mol. The first kappa shape index (κ1) is 14.3. The number of carbonyl (C=O) groups excluding carboxylic acids is 2. The predicted octanol–water partition coefficient (Wildman–Crippen LogP) is 1.02. The van der Waals surface area contributed by atoms with Gasteiger partial charge in [0.1, 0.15) is 12.2 Å². The second kappa shape index (κ2) is 6.37. The molecule has 0 bridgehead atoms. The third kappa shape index (κ3) is 3.47. The molecule has 0 spiro atoms. The van der Waals surface area contributed by atoms with Crippen molar-refractivity contribution in [2.45, 2.75) is 51.7 Å². The van der Waals surface area contributed by atoms with E-state index in [-0.39, 0.29) is 11.8 Å². The molecule has 2 amide bonds. The highest BCUT2D eigenvalue weighted by Gasteiger charge is 2.29. The summed E-state index contributed by atoms with van der Waals surface area (Å²) < 4.78 is 5.62. The summed E-state index contributed by atoms with van der Waals surface area (Å²) in [4.78, 5) is 27.9. The Morgan fingerprint density at radius 1 is 0.789 bits per heavy atom. The van der Waals surface area contributed by atoms with Crippen LogP contribution in [0.25, 0.3) is 0 Å². The van der Waals surface area contributed by atoms with Gasteiger partial charge in [0.05, 0.1) is 0 Å². The van der Waals surface area contributed by atoms with Crippen LogP contribution in [0.15, 0.2) is 0 Å². The lowest BCUT2D eigenvalue weighted by Gasteiger charge is -2.25. The standard InChI is InChI=1S/C14H24N2O3/c1-11(13(17)15-7-3-4-8-15)19-12(2)14(18)16-9-5-6-10-16/h11-12H,3-10H2,1-2H3/t11-,12-/m0/s1. The molecule has 2 fully saturated rings. The number of hydrogen-bond donors (Lipinski definition) is 0. The van der Waals surface area contributed by atoms with E-state index in [2.05, 4.69) is 0 Å². The van der Waals surface area contributed by atoms with Crippen molar-refractivity contribution in [2.24, 2.45) is 0 Å². The SMILES string of the molecule is C[C@H](O[C@@H](C)C(=O)N1CCCC1)C(=O)N1CCCC1. The Labute approximate surface area is 114 Å². The van der Waals surface area contributed by atoms with Crippen molar-refractivity contribution in [3.05, 3.63) is 0 Å². The van der Waals surface area contributed by atoms with Crippen LogP contribution in [0.4, 0.5) is 0 Å². The van der Waals surface area contributed by atoms with Crippen molar-refractivity contribution in [1.29, 1.82) is 0 Å². The first-order chi connectivity index (χ1) is 9.09. The topological polar surface area (TPSA) is 49.9 Å². The van der Waals surface area contributed by atoms with Gasteiger partial charge in [-0.3, -0.25) is 9.59 Å². The zero-order chi connectivity index (χ0) is 13.8. The van der Waals surface area contributed by atoms with Crippen molar-refractivity contribution in [1.82, 2.24) is 9.80 Å². The summed E-state index contributed by atoms with van der Waals surface area (Å²) >= 11 is 0. The molecular weight excluding hydrogens is 244 g/mol. The van der Waals surface area contributed by atoms with Gasteiger partial charge < -0.3 is 14.5 Å². The number of nitrogens with zero attached hydrogens (tertiary/aromatic N) is 2. The highest BCUT2D eigenvalue weighted by molar-refractivity contribution is 5.83. The van der Waals surface area contributed by atoms with Gasteiger partial charge in [0.15, 0.2) is 0 Å². The van der Waals surface area contributed by atoms with Crippen molar-refractivity contribution < 1.29 is 14.3 Å². The van der Waals surface area contributed by atoms with E-state index in [0.717, 1.165) is 51.9 Å². The van der Waals surface area contributed by atoms with Crippen molar-refractivity contribution in [2.75, 3.05) is 26.2 Å². The van der Waals surface area contributed by atoms with Gasteiger partial charge in [-0.2, -0.15) is 0 Å². The molecule has 2 saturated heterocycles. The second-order valence-corrected chi connectivity index (χ2v) is 5.49. The molecule has 2 rings (SSSR count). The Morgan fingerprint density at radius 3 is 1.42 bits per heavy atom. The maximum Gasteiger partial charge on any atom is 0.251 e. The van der Waals surface area contributed by atoms with E-state index in [4.69, 9.17) is 4.74 Å². The molecule has 19 heavy (non-hydrogen) atoms. The van der Waals surface area contributed by atoms with Crippen LogP contribution in [0.1, 0.15) is 39.5 Å². The second-order valence-electron chi connectivity index (χ2n) is 5.49. The largest absolute Gasteiger partial charge is 0.356 e. The lowest BCUT2D eigenvalue weighted by molar-refractivity contribution is -0.154. The fourth-order valence-corrected chi connectivity index (χ4v) is 2.81. The van der Waals surface area contributed by atoms with E-state index in [1.54, 1.807) is 13.8 Å². The Balaban J connectivity index is 1.81. The van der Waals surface area contributed by atoms with E-state index >= 15 is 0 Å². The van der Waals surface area contributed by atoms with Crippen molar-refractivity contribution in [3.8, 4) is 0 Å². The molecule has 0 aromatic carbocycles. The third-order valence-electron chi connectivity index (χ3n) is 3.94. The summed E-state index contributed by atoms with van der Waals surface area (Å²) in [5.74, 6) is 0.0251. The number of ether oxygens (including phenoxy) is 1. The molecule has 0 N–H and O–H groups in total. The van der Waals surface area contributed by atoms with E-state index < -0.39 is 12.2 Å². The number of amides is 2. The summed E-state index contributed by atoms with van der Waals surface area (Å²) in [6.07, 6.45) is 3.22. The minimum atomic E-state index is -0.528. The molecule has 2 atom stereocenters. The van der Waals surface area contributed by atoms with Crippen LogP contribution in [0, 0.1) is 0 Å². The number of hydrogen-bond acceptors (Lipinski definition) is 3. The van der Waals surface area contributed by atoms with Gasteiger partial charge in [0.25, 0.3) is 11.8 Å². The van der Waals surface area contributed by atoms with Gasteiger partial charge in [0.2, 0.25) is 0 Å². The first-order valence-electron chi connectivity index (χ1n) is 7.32. The number of carbonyl (C=O) groups is 2. The van der Waals surface area contributed by atoms with Gasteiger partial charge in [0, 0.05) is 26.2 Å². The molecule has 2 aliphatic heterocycles. The molecule has 5 nitrogen and oxygen atoms in total. The van der Waals surface area contributed by atoms with E-state index in [1.165, 1.54) is 0 Å². The Bertz CT molecular complexity index is 302. The molecule has 2 heterocycles. The van der Waals surface area contributed by atoms with Gasteiger partial charge in [-0.25, -0.2) is 0 Å². The lowest BCUT2D eigenvalue weighted by Crippen LogP contribution is -2.43. The van der Waals surface area contributed by atoms with Crippen molar-refractivity contribution >= 4 is 11.8 Å². The van der Waals surface area contributed by atoms with Crippen LogP contribution >= 0.6 is 0 Å². The van der Waals surface area contributed by atoms with Crippen LogP contribution in [0.5, 0.6) is 0 Å². The third-order valence-corrected chi connectivity index (χ3v) is 3.94. The maximum absolute atomic E-state index is 12.1. The molecule has 0 radical (unpaired) electrons. The average Bonchev–Trinajstić information content (AvgIpc) is 3.09. The normalized spacial score (nSPS) is 22.6. The fourth-order valence-electron chi connectivity index (χ4n) is 2.81. The number of likely N-dealkylation sites (tertiary alicyclic amines) is 2. The first-order valence-corrected chi connectivity index (χ1v) is 7.32. The summed E-state index contributed by atoms with van der Waals surface area (Å²) in [6.45, 7) is 6.77. The lowest BCUT2D eigenvalue weighted by atomic mass is 10.3. The van der Waals surface area contributed by atoms with Gasteiger partial charge in [-0.1, -0.05) is 0 Å². The summed E-state index contributed by atoms with van der Waals surface area (Å²) in [5.41, 5.74) is 0. The molecule has 5 heteroatoms. The van der Waals surface area contributed by atoms with Crippen LogP contribution in [-0.4, -0.2) is 60.0 Å². The zero-order valence-corrected chi connectivity index (χ0v) is 11.9. The van der Waals surface area contributed by atoms with E-state index in [9.17, 15) is 9.59 Å². The van der Waals surface area contributed by atoms with Gasteiger partial charge in [-0.15, -0.1) is 0 Å². The van der Waals surface area contributed by atoms with E-state index in [1.807, 2.05) is 9.80 Å². The zero-order valence-electron chi connectivity index (χ0n) is 11.9. The quantitative estimate of drug-likeness (QED) is 0.765. The molecule has 0 aromatic rings. The van der Waals surface area contributed by atoms with Crippen molar-refractivity contribution in [3.63, 3.8) is 0 Å². The van der Waals surface area contributed by atoms with Gasteiger partial charge in [-0.05, 0) is 39.5 Å². The smallest absolute Gasteiger partial charge is 0.251 e. The number of rotatable bonds is 4. The Kier molecular flexibility index (Phi) is 4.80. The van der Waals surface area contributed by atoms with Crippen LogP contribution in [0.3, 0.4) is 0 Å². The summed E-state index contributed by atoms with van der Waals surface area (Å²) in [5, 5.41) is 0.